The zero-order valence-corrected chi connectivity index (χ0v) is 11.3. The highest BCUT2D eigenvalue weighted by Crippen LogP contribution is 2.06. The van der Waals surface area contributed by atoms with Crippen LogP contribution < -0.4 is 5.32 Å². The van der Waals surface area contributed by atoms with Gasteiger partial charge in [-0.05, 0) is 0 Å². The third-order valence-corrected chi connectivity index (χ3v) is 2.99. The fraction of sp³-hybridized carbons (Fsp3) is 0.692. The van der Waals surface area contributed by atoms with Crippen LogP contribution in [0.25, 0.3) is 0 Å². The summed E-state index contributed by atoms with van der Waals surface area (Å²) in [4.78, 5) is 27.2. The number of piperazine rings is 1. The molecule has 18 heavy (non-hydrogen) atoms. The highest BCUT2D eigenvalue weighted by molar-refractivity contribution is 5.79. The van der Waals surface area contributed by atoms with Crippen LogP contribution in [-0.2, 0) is 9.59 Å². The molecule has 0 atom stereocenters. The van der Waals surface area contributed by atoms with Gasteiger partial charge in [0.25, 0.3) is 0 Å². The second kappa shape index (κ2) is 7.16. The quantitative estimate of drug-likeness (QED) is 0.707. The SMILES string of the molecule is C=CCNC(=O)CN1CCN(C(=O)C(C)C)CC1. The molecule has 0 radical (unpaired) electrons. The zero-order valence-electron chi connectivity index (χ0n) is 11.3. The van der Waals surface area contributed by atoms with E-state index in [2.05, 4.69) is 16.8 Å². The first kappa shape index (κ1) is 14.7. The molecule has 2 amide bonds. The average Bonchev–Trinajstić information content (AvgIpc) is 2.36. The number of amides is 2. The fourth-order valence-electron chi connectivity index (χ4n) is 1.94. The summed E-state index contributed by atoms with van der Waals surface area (Å²) in [5, 5.41) is 2.75. The molecule has 0 aliphatic carbocycles. The van der Waals surface area contributed by atoms with E-state index in [4.69, 9.17) is 0 Å². The summed E-state index contributed by atoms with van der Waals surface area (Å²) >= 11 is 0. The van der Waals surface area contributed by atoms with Crippen LogP contribution in [0.15, 0.2) is 12.7 Å². The van der Waals surface area contributed by atoms with Gasteiger partial charge in [-0.1, -0.05) is 19.9 Å². The minimum absolute atomic E-state index is 0.0125. The van der Waals surface area contributed by atoms with Gasteiger partial charge < -0.3 is 10.2 Å². The van der Waals surface area contributed by atoms with Crippen molar-refractivity contribution in [1.29, 1.82) is 0 Å². The minimum atomic E-state index is 0.0125. The predicted octanol–water partition coefficient (Wildman–Crippen LogP) is 0.0888. The number of nitrogens with one attached hydrogen (secondary N) is 1. The molecule has 5 nitrogen and oxygen atoms in total. The Labute approximate surface area is 109 Å². The number of rotatable bonds is 5. The van der Waals surface area contributed by atoms with E-state index in [-0.39, 0.29) is 17.7 Å². The highest BCUT2D eigenvalue weighted by Gasteiger charge is 2.23. The molecule has 0 spiro atoms. The van der Waals surface area contributed by atoms with Crippen LogP contribution in [0.1, 0.15) is 13.8 Å². The van der Waals surface area contributed by atoms with Crippen molar-refractivity contribution in [3.63, 3.8) is 0 Å². The van der Waals surface area contributed by atoms with Crippen molar-refractivity contribution in [3.05, 3.63) is 12.7 Å². The Bertz CT molecular complexity index is 307. The van der Waals surface area contributed by atoms with Crippen molar-refractivity contribution in [1.82, 2.24) is 15.1 Å². The molecule has 1 saturated heterocycles. The normalized spacial score (nSPS) is 16.7. The summed E-state index contributed by atoms with van der Waals surface area (Å²) in [5.41, 5.74) is 0. The second-order valence-electron chi connectivity index (χ2n) is 4.85. The van der Waals surface area contributed by atoms with Crippen molar-refractivity contribution >= 4 is 11.8 Å². The lowest BCUT2D eigenvalue weighted by Crippen LogP contribution is -2.51. The molecule has 1 aliphatic heterocycles. The van der Waals surface area contributed by atoms with E-state index in [1.165, 1.54) is 0 Å². The van der Waals surface area contributed by atoms with E-state index < -0.39 is 0 Å². The van der Waals surface area contributed by atoms with Crippen LogP contribution in [0.5, 0.6) is 0 Å². The summed E-state index contributed by atoms with van der Waals surface area (Å²) in [6, 6.07) is 0. The van der Waals surface area contributed by atoms with Gasteiger partial charge >= 0.3 is 0 Å². The Kier molecular flexibility index (Phi) is 5.85. The molecule has 0 unspecified atom stereocenters. The Hall–Kier alpha value is -1.36. The molecule has 0 bridgehead atoms. The Morgan fingerprint density at radius 3 is 2.39 bits per heavy atom. The molecule has 0 aromatic carbocycles. The molecule has 1 heterocycles. The van der Waals surface area contributed by atoms with E-state index in [1.54, 1.807) is 6.08 Å². The molecule has 1 fully saturated rings. The maximum absolute atomic E-state index is 11.8. The summed E-state index contributed by atoms with van der Waals surface area (Å²) in [7, 11) is 0. The largest absolute Gasteiger partial charge is 0.352 e. The molecule has 0 aromatic heterocycles. The predicted molar refractivity (Wildman–Crippen MR) is 71.1 cm³/mol. The summed E-state index contributed by atoms with van der Waals surface area (Å²) in [6.45, 7) is 11.2. The summed E-state index contributed by atoms with van der Waals surface area (Å²) < 4.78 is 0. The van der Waals surface area contributed by atoms with Gasteiger partial charge in [0.05, 0.1) is 6.54 Å². The Morgan fingerprint density at radius 1 is 1.28 bits per heavy atom. The van der Waals surface area contributed by atoms with Crippen LogP contribution in [0, 0.1) is 5.92 Å². The van der Waals surface area contributed by atoms with Crippen LogP contribution in [0.2, 0.25) is 0 Å². The van der Waals surface area contributed by atoms with Crippen LogP contribution in [0.3, 0.4) is 0 Å². The van der Waals surface area contributed by atoms with Gasteiger partial charge in [0.1, 0.15) is 0 Å². The van der Waals surface area contributed by atoms with E-state index in [9.17, 15) is 9.59 Å². The average molecular weight is 253 g/mol. The van der Waals surface area contributed by atoms with Gasteiger partial charge in [-0.2, -0.15) is 0 Å². The maximum Gasteiger partial charge on any atom is 0.234 e. The van der Waals surface area contributed by atoms with Gasteiger partial charge in [0.2, 0.25) is 11.8 Å². The van der Waals surface area contributed by atoms with Crippen molar-refractivity contribution in [3.8, 4) is 0 Å². The number of hydrogen-bond donors (Lipinski definition) is 1. The monoisotopic (exact) mass is 253 g/mol. The first-order chi connectivity index (χ1) is 8.54. The zero-order chi connectivity index (χ0) is 13.5. The van der Waals surface area contributed by atoms with Crippen molar-refractivity contribution in [2.24, 2.45) is 5.92 Å². The second-order valence-corrected chi connectivity index (χ2v) is 4.85. The van der Waals surface area contributed by atoms with Gasteiger partial charge in [0.15, 0.2) is 0 Å². The lowest BCUT2D eigenvalue weighted by Gasteiger charge is -2.35. The first-order valence-corrected chi connectivity index (χ1v) is 6.43. The molecule has 0 saturated carbocycles. The van der Waals surface area contributed by atoms with Crippen molar-refractivity contribution < 1.29 is 9.59 Å². The first-order valence-electron chi connectivity index (χ1n) is 6.43. The maximum atomic E-state index is 11.8. The Morgan fingerprint density at radius 2 is 1.89 bits per heavy atom. The smallest absolute Gasteiger partial charge is 0.234 e. The van der Waals surface area contributed by atoms with E-state index in [0.29, 0.717) is 26.2 Å². The highest BCUT2D eigenvalue weighted by atomic mass is 16.2. The van der Waals surface area contributed by atoms with Gasteiger partial charge in [0, 0.05) is 38.6 Å². The van der Waals surface area contributed by atoms with E-state index in [1.807, 2.05) is 18.7 Å². The van der Waals surface area contributed by atoms with Crippen LogP contribution in [0.4, 0.5) is 0 Å². The van der Waals surface area contributed by atoms with E-state index in [0.717, 1.165) is 13.1 Å². The third-order valence-electron chi connectivity index (χ3n) is 2.99. The number of carbonyl (C=O) groups excluding carboxylic acids is 2. The molecule has 1 aliphatic rings. The molecule has 1 rings (SSSR count). The van der Waals surface area contributed by atoms with Crippen LogP contribution >= 0.6 is 0 Å². The number of hydrogen-bond acceptors (Lipinski definition) is 3. The van der Waals surface area contributed by atoms with Gasteiger partial charge in [-0.15, -0.1) is 6.58 Å². The summed E-state index contributed by atoms with van der Waals surface area (Å²) in [6.07, 6.45) is 1.66. The topological polar surface area (TPSA) is 52.7 Å². The van der Waals surface area contributed by atoms with Crippen LogP contribution in [-0.4, -0.2) is 60.9 Å². The van der Waals surface area contributed by atoms with Crippen molar-refractivity contribution in [2.75, 3.05) is 39.3 Å². The third kappa shape index (κ3) is 4.49. The molecular weight excluding hydrogens is 230 g/mol. The lowest BCUT2D eigenvalue weighted by atomic mass is 10.1. The number of carbonyl (C=O) groups is 2. The molecule has 0 aromatic rings. The molecular formula is C13H23N3O2. The Balaban J connectivity index is 2.29. The fourth-order valence-corrected chi connectivity index (χ4v) is 1.94. The van der Waals surface area contributed by atoms with Gasteiger partial charge in [-0.3, -0.25) is 14.5 Å². The van der Waals surface area contributed by atoms with Crippen molar-refractivity contribution in [2.45, 2.75) is 13.8 Å². The molecule has 5 heteroatoms. The molecule has 102 valence electrons. The van der Waals surface area contributed by atoms with E-state index >= 15 is 0 Å². The van der Waals surface area contributed by atoms with Gasteiger partial charge in [-0.25, -0.2) is 0 Å². The molecule has 1 N–H and O–H groups in total. The minimum Gasteiger partial charge on any atom is -0.352 e. The number of nitrogens with zero attached hydrogens (tertiary/aromatic N) is 2. The standard InChI is InChI=1S/C13H23N3O2/c1-4-5-14-12(17)10-15-6-8-16(9-7-15)13(18)11(2)3/h4,11H,1,5-10H2,2-3H3,(H,14,17). The lowest BCUT2D eigenvalue weighted by molar-refractivity contribution is -0.136. The summed E-state index contributed by atoms with van der Waals surface area (Å²) in [5.74, 6) is 0.261.